The Balaban J connectivity index is 2.57. The van der Waals surface area contributed by atoms with Gasteiger partial charge in [0.2, 0.25) is 0 Å². The third-order valence-electron chi connectivity index (χ3n) is 2.33. The quantitative estimate of drug-likeness (QED) is 0.855. The molecule has 0 aliphatic rings. The zero-order valence-electron chi connectivity index (χ0n) is 9.00. The number of hydrogen-bond donors (Lipinski definition) is 2. The second kappa shape index (κ2) is 4.71. The van der Waals surface area contributed by atoms with Gasteiger partial charge in [0.15, 0.2) is 5.82 Å². The minimum atomic E-state index is -0.414. The number of aromatic nitrogens is 1. The van der Waals surface area contributed by atoms with Crippen LogP contribution in [0, 0.1) is 5.82 Å². The van der Waals surface area contributed by atoms with Gasteiger partial charge in [0.1, 0.15) is 0 Å². The number of nitrogen functional groups attached to an aromatic ring is 1. The van der Waals surface area contributed by atoms with Crippen molar-refractivity contribution in [3.63, 3.8) is 0 Å². The van der Waals surface area contributed by atoms with Crippen LogP contribution in [0.3, 0.4) is 0 Å². The monoisotopic (exact) mass is 295 g/mol. The highest BCUT2D eigenvalue weighted by molar-refractivity contribution is 9.11. The second-order valence-electron chi connectivity index (χ2n) is 3.59. The molecular formula is C12H11BrFN3. The predicted molar refractivity (Wildman–Crippen MR) is 72.7 cm³/mol. The summed E-state index contributed by atoms with van der Waals surface area (Å²) in [6.45, 7) is 4.11. The minimum absolute atomic E-state index is 0.343. The topological polar surface area (TPSA) is 50.9 Å². The number of pyridine rings is 1. The maximum absolute atomic E-state index is 13.8. The van der Waals surface area contributed by atoms with Gasteiger partial charge >= 0.3 is 0 Å². The number of fused-ring (bicyclic) bond motifs is 1. The maximum Gasteiger partial charge on any atom is 0.150 e. The maximum atomic E-state index is 13.8. The van der Waals surface area contributed by atoms with Crippen LogP contribution in [-0.4, -0.2) is 11.5 Å². The van der Waals surface area contributed by atoms with E-state index >= 15 is 0 Å². The number of halogens is 2. The number of nitrogens with one attached hydrogen (secondary N) is 1. The number of anilines is 2. The molecule has 0 aliphatic carbocycles. The molecule has 0 spiro atoms. The first-order valence-electron chi connectivity index (χ1n) is 4.99. The number of nitrogens with zero attached hydrogens (tertiary/aromatic N) is 1. The molecule has 1 aromatic carbocycles. The van der Waals surface area contributed by atoms with Crippen LogP contribution < -0.4 is 11.1 Å². The molecule has 2 aromatic rings. The van der Waals surface area contributed by atoms with Crippen molar-refractivity contribution in [1.82, 2.24) is 4.98 Å². The van der Waals surface area contributed by atoms with Crippen molar-refractivity contribution in [3.8, 4) is 0 Å². The fraction of sp³-hybridized carbons (Fsp3) is 0.0833. The van der Waals surface area contributed by atoms with Crippen LogP contribution in [0.5, 0.6) is 0 Å². The summed E-state index contributed by atoms with van der Waals surface area (Å²) in [5.74, 6) is -0.414. The van der Waals surface area contributed by atoms with Crippen LogP contribution in [0.4, 0.5) is 15.8 Å². The van der Waals surface area contributed by atoms with Gasteiger partial charge in [-0.3, -0.25) is 4.98 Å². The summed E-state index contributed by atoms with van der Waals surface area (Å²) in [4.78, 5) is 4.15. The van der Waals surface area contributed by atoms with Gasteiger partial charge in [-0.25, -0.2) is 4.39 Å². The van der Waals surface area contributed by atoms with Crippen molar-refractivity contribution in [3.05, 3.63) is 41.3 Å². The molecule has 0 amide bonds. The molecule has 1 heterocycles. The van der Waals surface area contributed by atoms with E-state index in [0.717, 1.165) is 9.87 Å². The Morgan fingerprint density at radius 3 is 3.06 bits per heavy atom. The van der Waals surface area contributed by atoms with Gasteiger partial charge in [0.05, 0.1) is 11.2 Å². The van der Waals surface area contributed by atoms with E-state index in [-0.39, 0.29) is 0 Å². The van der Waals surface area contributed by atoms with Crippen LogP contribution in [0.15, 0.2) is 35.5 Å². The average Bonchev–Trinajstić information content (AvgIpc) is 2.28. The van der Waals surface area contributed by atoms with Gasteiger partial charge in [-0.1, -0.05) is 22.5 Å². The molecular weight excluding hydrogens is 285 g/mol. The van der Waals surface area contributed by atoms with Crippen molar-refractivity contribution in [2.24, 2.45) is 0 Å². The van der Waals surface area contributed by atoms with Gasteiger partial charge in [-0.05, 0) is 18.2 Å². The lowest BCUT2D eigenvalue weighted by Crippen LogP contribution is -2.05. The Hall–Kier alpha value is -1.62. The Morgan fingerprint density at radius 2 is 2.35 bits per heavy atom. The van der Waals surface area contributed by atoms with Gasteiger partial charge in [-0.15, -0.1) is 0 Å². The van der Waals surface area contributed by atoms with Crippen LogP contribution in [0.1, 0.15) is 0 Å². The molecule has 3 nitrogen and oxygen atoms in total. The number of hydrogen-bond acceptors (Lipinski definition) is 3. The first kappa shape index (κ1) is 11.9. The zero-order valence-corrected chi connectivity index (χ0v) is 10.6. The van der Waals surface area contributed by atoms with Crippen molar-refractivity contribution >= 4 is 38.2 Å². The smallest absolute Gasteiger partial charge is 0.150 e. The second-order valence-corrected chi connectivity index (χ2v) is 4.71. The molecule has 3 N–H and O–H groups in total. The highest BCUT2D eigenvalue weighted by Crippen LogP contribution is 2.29. The lowest BCUT2D eigenvalue weighted by atomic mass is 10.1. The molecule has 0 aliphatic heterocycles. The summed E-state index contributed by atoms with van der Waals surface area (Å²) >= 11 is 3.21. The third kappa shape index (κ3) is 2.39. The SMILES string of the molecule is C=C(Br)CNc1c(F)cc(N)c2cccnc12. The Bertz CT molecular complexity index is 583. The first-order valence-corrected chi connectivity index (χ1v) is 5.78. The normalized spacial score (nSPS) is 10.5. The number of rotatable bonds is 3. The molecule has 0 unspecified atom stereocenters. The summed E-state index contributed by atoms with van der Waals surface area (Å²) in [7, 11) is 0. The molecule has 0 saturated carbocycles. The Kier molecular flexibility index (Phi) is 3.28. The molecule has 17 heavy (non-hydrogen) atoms. The van der Waals surface area contributed by atoms with Gasteiger partial charge < -0.3 is 11.1 Å². The minimum Gasteiger partial charge on any atom is -0.398 e. The van der Waals surface area contributed by atoms with Crippen LogP contribution >= 0.6 is 15.9 Å². The molecule has 5 heteroatoms. The summed E-state index contributed by atoms with van der Waals surface area (Å²) in [6, 6.07) is 4.87. The molecule has 0 fully saturated rings. The summed E-state index contributed by atoms with van der Waals surface area (Å²) < 4.78 is 14.5. The zero-order chi connectivity index (χ0) is 12.4. The van der Waals surface area contributed by atoms with E-state index < -0.39 is 5.82 Å². The first-order chi connectivity index (χ1) is 8.09. The molecule has 0 bridgehead atoms. The molecule has 2 rings (SSSR count). The summed E-state index contributed by atoms with van der Waals surface area (Å²) in [6.07, 6.45) is 1.61. The van der Waals surface area contributed by atoms with E-state index in [4.69, 9.17) is 5.73 Å². The fourth-order valence-corrected chi connectivity index (χ4v) is 1.73. The highest BCUT2D eigenvalue weighted by Gasteiger charge is 2.11. The van der Waals surface area contributed by atoms with Gasteiger partial charge in [0, 0.05) is 28.3 Å². The van der Waals surface area contributed by atoms with Gasteiger partial charge in [0.25, 0.3) is 0 Å². The standard InChI is InChI=1S/C12H11BrFN3/c1-7(13)6-17-12-9(14)5-10(15)8-3-2-4-16-11(8)12/h2-5,17H,1,6,15H2. The lowest BCUT2D eigenvalue weighted by Gasteiger charge is -2.11. The molecule has 88 valence electrons. The van der Waals surface area contributed by atoms with Crippen molar-refractivity contribution in [2.75, 3.05) is 17.6 Å². The Labute approximate surface area is 107 Å². The fourth-order valence-electron chi connectivity index (χ4n) is 1.59. The van der Waals surface area contributed by atoms with E-state index in [1.807, 2.05) is 6.07 Å². The van der Waals surface area contributed by atoms with Crippen LogP contribution in [-0.2, 0) is 0 Å². The summed E-state index contributed by atoms with van der Waals surface area (Å²) in [5, 5.41) is 3.68. The van der Waals surface area contributed by atoms with Crippen molar-refractivity contribution in [1.29, 1.82) is 0 Å². The summed E-state index contributed by atoms with van der Waals surface area (Å²) in [5.41, 5.74) is 7.00. The molecule has 0 saturated heterocycles. The predicted octanol–water partition coefficient (Wildman–Crippen LogP) is 3.28. The third-order valence-corrected chi connectivity index (χ3v) is 2.61. The molecule has 0 radical (unpaired) electrons. The number of benzene rings is 1. The van der Waals surface area contributed by atoms with E-state index in [1.165, 1.54) is 6.07 Å². The van der Waals surface area contributed by atoms with Crippen molar-refractivity contribution < 1.29 is 4.39 Å². The average molecular weight is 296 g/mol. The van der Waals surface area contributed by atoms with E-state index in [9.17, 15) is 4.39 Å². The van der Waals surface area contributed by atoms with Crippen LogP contribution in [0.2, 0.25) is 0 Å². The molecule has 1 aromatic heterocycles. The van der Waals surface area contributed by atoms with E-state index in [2.05, 4.69) is 32.8 Å². The Morgan fingerprint density at radius 1 is 1.59 bits per heavy atom. The van der Waals surface area contributed by atoms with Crippen molar-refractivity contribution in [2.45, 2.75) is 0 Å². The van der Waals surface area contributed by atoms with Crippen LogP contribution in [0.25, 0.3) is 10.9 Å². The van der Waals surface area contributed by atoms with E-state index in [0.29, 0.717) is 23.4 Å². The van der Waals surface area contributed by atoms with E-state index in [1.54, 1.807) is 12.3 Å². The highest BCUT2D eigenvalue weighted by atomic mass is 79.9. The van der Waals surface area contributed by atoms with Gasteiger partial charge in [-0.2, -0.15) is 0 Å². The lowest BCUT2D eigenvalue weighted by molar-refractivity contribution is 0.633. The molecule has 0 atom stereocenters. The largest absolute Gasteiger partial charge is 0.398 e. The number of nitrogens with two attached hydrogens (primary N) is 1.